The number of allylic oxidation sites excluding steroid dienone is 1. The molecule has 1 spiro atoms. The van der Waals surface area contributed by atoms with Crippen molar-refractivity contribution in [2.45, 2.75) is 80.8 Å². The molecule has 3 aromatic rings. The van der Waals surface area contributed by atoms with Crippen molar-refractivity contribution in [2.24, 2.45) is 11.8 Å². The maximum atomic E-state index is 15.4. The third kappa shape index (κ3) is 7.86. The molecule has 0 aliphatic carbocycles. The maximum absolute atomic E-state index is 15.4. The van der Waals surface area contributed by atoms with Crippen LogP contribution in [0.4, 0.5) is 11.4 Å². The number of carbonyl (C=O) groups is 4. The number of rotatable bonds is 18. The number of nitrogens with zero attached hydrogens (tertiary/aromatic N) is 4. The first-order valence-electron chi connectivity index (χ1n) is 20.2. The molecule has 0 radical (unpaired) electrons. The van der Waals surface area contributed by atoms with E-state index in [0.717, 1.165) is 18.8 Å². The van der Waals surface area contributed by atoms with Gasteiger partial charge < -0.3 is 34.2 Å². The number of likely N-dealkylation sites (tertiary alicyclic amines) is 1. The van der Waals surface area contributed by atoms with Gasteiger partial charge in [-0.3, -0.25) is 19.2 Å². The number of halogens is 1. The minimum Gasteiger partial charge on any atom is -0.455 e. The van der Waals surface area contributed by atoms with Gasteiger partial charge in [0.1, 0.15) is 17.7 Å². The summed E-state index contributed by atoms with van der Waals surface area (Å²) in [6, 6.07) is 23.3. The number of anilines is 2. The predicted octanol–water partition coefficient (Wildman–Crippen LogP) is 6.63. The van der Waals surface area contributed by atoms with Crippen LogP contribution in [-0.4, -0.2) is 101 Å². The number of amides is 3. The molecule has 1 unspecified atom stereocenters. The van der Waals surface area contributed by atoms with Gasteiger partial charge in [0.15, 0.2) is 0 Å². The van der Waals surface area contributed by atoms with Crippen molar-refractivity contribution in [1.82, 2.24) is 9.80 Å². The van der Waals surface area contributed by atoms with Gasteiger partial charge in [0.25, 0.3) is 5.91 Å². The second-order valence-corrected chi connectivity index (χ2v) is 16.5. The smallest absolute Gasteiger partial charge is 0.313 e. The van der Waals surface area contributed by atoms with Crippen molar-refractivity contribution >= 4 is 51.0 Å². The number of ether oxygens (including phenoxy) is 2. The second-order valence-electron chi connectivity index (χ2n) is 15.3. The lowest BCUT2D eigenvalue weighted by atomic mass is 9.70. The number of fused-ring (bicyclic) bond motifs is 1. The molecule has 2 bridgehead atoms. The van der Waals surface area contributed by atoms with E-state index in [4.69, 9.17) is 9.47 Å². The molecule has 6 rings (SSSR count). The van der Waals surface area contributed by atoms with E-state index < -0.39 is 77.0 Å². The molecule has 9 atom stereocenters. The molecule has 3 aromatic carbocycles. The Labute approximate surface area is 350 Å². The summed E-state index contributed by atoms with van der Waals surface area (Å²) in [4.78, 5) is 65.1. The second kappa shape index (κ2) is 18.4. The van der Waals surface area contributed by atoms with Crippen LogP contribution in [0.15, 0.2) is 110 Å². The van der Waals surface area contributed by atoms with Gasteiger partial charge in [0.05, 0.1) is 36.6 Å². The monoisotopic (exact) mass is 854 g/mol. The Balaban J connectivity index is 1.42. The zero-order valence-corrected chi connectivity index (χ0v) is 35.4. The number of carbonyl (C=O) groups excluding carboxylic acids is 4. The molecule has 0 aromatic heterocycles. The third-order valence-corrected chi connectivity index (χ3v) is 13.0. The minimum absolute atomic E-state index is 0.127. The van der Waals surface area contributed by atoms with E-state index in [-0.39, 0.29) is 25.3 Å². The van der Waals surface area contributed by atoms with Gasteiger partial charge in [-0.15, -0.1) is 13.2 Å². The Bertz CT molecular complexity index is 1940. The van der Waals surface area contributed by atoms with Gasteiger partial charge in [0, 0.05) is 49.3 Å². The maximum Gasteiger partial charge on any atom is 0.313 e. The van der Waals surface area contributed by atoms with Crippen molar-refractivity contribution < 1.29 is 33.8 Å². The topological polar surface area (TPSA) is 120 Å². The highest BCUT2D eigenvalue weighted by atomic mass is 79.9. The summed E-state index contributed by atoms with van der Waals surface area (Å²) in [6.07, 6.45) is 2.68. The number of alkyl halides is 1. The standard InChI is InChI=1S/C46H55BrN4O7/c1-7-11-22-37(53)48(6)30(5)40(32-20-16-13-17-21-32)57-45(56)38-39-43(54)51(36(29-52)31-18-14-12-15-19-31)42(46(39)28-35(47)41(38)58-46)44(55)50(27-8-2)34-25-23-33(24-26-34)49(9-3)10-4/h7-8,12-21,23-26,30,35-36,38-42,52H,1-2,9-11,22,27-29H2,3-6H3/t30-,35?,36+,38+,39-,40+,41+,42+,46-/m0/s1. The largest absolute Gasteiger partial charge is 0.455 e. The van der Waals surface area contributed by atoms with Crippen LogP contribution in [-0.2, 0) is 28.7 Å². The summed E-state index contributed by atoms with van der Waals surface area (Å²) in [6.45, 7) is 15.0. The lowest BCUT2D eigenvalue weighted by Crippen LogP contribution is -2.57. The number of aliphatic hydroxyl groups excluding tert-OH is 1. The van der Waals surface area contributed by atoms with Crippen LogP contribution in [0.5, 0.6) is 0 Å². The molecular formula is C46H55BrN4O7. The van der Waals surface area contributed by atoms with Crippen LogP contribution in [0.1, 0.15) is 63.3 Å². The van der Waals surface area contributed by atoms with E-state index in [1.807, 2.05) is 91.9 Å². The molecule has 12 heteroatoms. The van der Waals surface area contributed by atoms with E-state index >= 15 is 9.59 Å². The van der Waals surface area contributed by atoms with E-state index in [9.17, 15) is 14.7 Å². The fourth-order valence-electron chi connectivity index (χ4n) is 9.14. The number of aliphatic hydroxyl groups is 1. The zero-order valence-electron chi connectivity index (χ0n) is 33.8. The summed E-state index contributed by atoms with van der Waals surface area (Å²) in [7, 11) is 1.68. The average Bonchev–Trinajstić information content (AvgIpc) is 3.85. The Morgan fingerprint density at radius 3 is 2.14 bits per heavy atom. The molecule has 308 valence electrons. The molecule has 11 nitrogen and oxygen atoms in total. The minimum atomic E-state index is -1.44. The molecule has 0 saturated carbocycles. The Hall–Kier alpha value is -4.78. The molecule has 3 fully saturated rings. The van der Waals surface area contributed by atoms with Gasteiger partial charge in [-0.1, -0.05) is 88.7 Å². The molecule has 3 amide bonds. The first-order chi connectivity index (χ1) is 28.0. The van der Waals surface area contributed by atoms with Crippen LogP contribution < -0.4 is 9.80 Å². The lowest BCUT2D eigenvalue weighted by Gasteiger charge is -2.39. The molecule has 3 heterocycles. The SMILES string of the molecule is C=CCCC(=O)N(C)[C@@H](C)[C@@H](OC(=O)[C@H]1[C@@H]2O[C@@]3(CC2Br)[C@@H]1C(=O)N([C@H](CO)c1ccccc1)[C@@H]3C(=O)N(CC=C)c1ccc(N(CC)CC)cc1)c1ccccc1. The molecule has 3 aliphatic heterocycles. The summed E-state index contributed by atoms with van der Waals surface area (Å²) >= 11 is 3.79. The van der Waals surface area contributed by atoms with E-state index in [2.05, 4.69) is 47.8 Å². The van der Waals surface area contributed by atoms with Gasteiger partial charge in [-0.05, 0) is 69.0 Å². The van der Waals surface area contributed by atoms with Crippen LogP contribution in [0.3, 0.4) is 0 Å². The van der Waals surface area contributed by atoms with Crippen molar-refractivity contribution in [3.63, 3.8) is 0 Å². The molecule has 3 saturated heterocycles. The highest BCUT2D eigenvalue weighted by Gasteiger charge is 2.78. The molecule has 3 aliphatic rings. The van der Waals surface area contributed by atoms with Crippen molar-refractivity contribution in [3.05, 3.63) is 121 Å². The Morgan fingerprint density at radius 1 is 0.966 bits per heavy atom. The fourth-order valence-corrected chi connectivity index (χ4v) is 10.1. The third-order valence-electron chi connectivity index (χ3n) is 12.2. The number of hydrogen-bond donors (Lipinski definition) is 1. The van der Waals surface area contributed by atoms with Crippen molar-refractivity contribution in [3.8, 4) is 0 Å². The van der Waals surface area contributed by atoms with Crippen molar-refractivity contribution in [1.29, 1.82) is 0 Å². The number of hydrogen-bond acceptors (Lipinski definition) is 8. The zero-order chi connectivity index (χ0) is 41.7. The summed E-state index contributed by atoms with van der Waals surface area (Å²) in [5.41, 5.74) is 1.50. The van der Waals surface area contributed by atoms with Crippen LogP contribution in [0.2, 0.25) is 0 Å². The van der Waals surface area contributed by atoms with Gasteiger partial charge >= 0.3 is 5.97 Å². The quantitative estimate of drug-likeness (QED) is 0.0861. The average molecular weight is 856 g/mol. The predicted molar refractivity (Wildman–Crippen MR) is 228 cm³/mol. The lowest BCUT2D eigenvalue weighted by molar-refractivity contribution is -0.165. The van der Waals surface area contributed by atoms with Gasteiger partial charge in [-0.2, -0.15) is 0 Å². The van der Waals surface area contributed by atoms with E-state index in [1.54, 1.807) is 29.0 Å². The first kappa shape index (κ1) is 42.8. The van der Waals surface area contributed by atoms with Crippen LogP contribution in [0.25, 0.3) is 0 Å². The fraction of sp³-hybridized carbons (Fsp3) is 0.435. The number of benzene rings is 3. The summed E-state index contributed by atoms with van der Waals surface area (Å²) in [5, 5.41) is 11.0. The molecular weight excluding hydrogens is 800 g/mol. The Kier molecular flexibility index (Phi) is 13.6. The Morgan fingerprint density at radius 2 is 1.57 bits per heavy atom. The van der Waals surface area contributed by atoms with Crippen molar-refractivity contribution in [2.75, 3.05) is 43.1 Å². The first-order valence-corrected chi connectivity index (χ1v) is 21.1. The number of likely N-dealkylation sites (N-methyl/N-ethyl adjacent to an activating group) is 1. The van der Waals surface area contributed by atoms with E-state index in [1.165, 1.54) is 4.90 Å². The highest BCUT2D eigenvalue weighted by Crippen LogP contribution is 2.62. The highest BCUT2D eigenvalue weighted by molar-refractivity contribution is 9.09. The summed E-state index contributed by atoms with van der Waals surface area (Å²) in [5.74, 6) is -3.86. The molecule has 1 N–H and O–H groups in total. The normalized spacial score (nSPS) is 24.7. The van der Waals surface area contributed by atoms with Gasteiger partial charge in [-0.25, -0.2) is 0 Å². The van der Waals surface area contributed by atoms with E-state index in [0.29, 0.717) is 23.2 Å². The molecule has 58 heavy (non-hydrogen) atoms. The van der Waals surface area contributed by atoms with Crippen LogP contribution in [0, 0.1) is 11.8 Å². The number of esters is 1. The summed E-state index contributed by atoms with van der Waals surface area (Å²) < 4.78 is 13.3. The van der Waals surface area contributed by atoms with Gasteiger partial charge in [0.2, 0.25) is 11.8 Å². The van der Waals surface area contributed by atoms with Crippen LogP contribution >= 0.6 is 15.9 Å².